The van der Waals surface area contributed by atoms with E-state index < -0.39 is 0 Å². The van der Waals surface area contributed by atoms with Crippen molar-refractivity contribution in [3.8, 4) is 0 Å². The monoisotopic (exact) mass is 509 g/mol. The van der Waals surface area contributed by atoms with Crippen LogP contribution in [0.25, 0.3) is 0 Å². The van der Waals surface area contributed by atoms with Crippen molar-refractivity contribution in [2.75, 3.05) is 32.7 Å². The molecule has 3 aliphatic heterocycles. The number of esters is 1. The first-order chi connectivity index (χ1) is 17.3. The molecule has 0 saturated carbocycles. The molecule has 0 radical (unpaired) electrons. The van der Waals surface area contributed by atoms with Gasteiger partial charge in [0, 0.05) is 36.6 Å². The number of carbonyl (C=O) groups excluding carboxylic acids is 2. The van der Waals surface area contributed by atoms with Gasteiger partial charge in [-0.25, -0.2) is 0 Å². The van der Waals surface area contributed by atoms with Crippen molar-refractivity contribution in [1.82, 2.24) is 0 Å². The van der Waals surface area contributed by atoms with Crippen molar-refractivity contribution in [3.63, 3.8) is 0 Å². The van der Waals surface area contributed by atoms with Gasteiger partial charge in [-0.3, -0.25) is 14.6 Å². The Morgan fingerprint density at radius 2 is 1.94 bits per heavy atom. The number of allylic oxidation sites excluding steroid dienone is 3. The molecule has 0 aromatic heterocycles. The Kier molecular flexibility index (Phi) is 10.3. The Hall–Kier alpha value is -2.44. The van der Waals surface area contributed by atoms with Crippen molar-refractivity contribution in [2.24, 2.45) is 16.8 Å². The van der Waals surface area contributed by atoms with Gasteiger partial charge in [0.15, 0.2) is 6.10 Å². The second-order valence-corrected chi connectivity index (χ2v) is 11.4. The molecule has 3 heterocycles. The molecule has 6 heteroatoms. The van der Waals surface area contributed by atoms with Gasteiger partial charge in [-0.2, -0.15) is 0 Å². The lowest BCUT2D eigenvalue weighted by Gasteiger charge is -2.51. The fourth-order valence-electron chi connectivity index (χ4n) is 5.39. The summed E-state index contributed by atoms with van der Waals surface area (Å²) in [6.07, 6.45) is 7.00. The van der Waals surface area contributed by atoms with Crippen LogP contribution in [0.3, 0.4) is 0 Å². The van der Waals surface area contributed by atoms with Gasteiger partial charge < -0.3 is 9.22 Å². The second-order valence-electron chi connectivity index (χ2n) is 10.00. The summed E-state index contributed by atoms with van der Waals surface area (Å²) in [6.45, 7) is 17.5. The summed E-state index contributed by atoms with van der Waals surface area (Å²) in [5.74, 6) is -0.0252. The highest BCUT2D eigenvalue weighted by molar-refractivity contribution is 8.06. The predicted molar refractivity (Wildman–Crippen MR) is 150 cm³/mol. The van der Waals surface area contributed by atoms with Crippen LogP contribution in [-0.2, 0) is 9.53 Å². The summed E-state index contributed by atoms with van der Waals surface area (Å²) in [5.41, 5.74) is 1.70. The molecule has 1 aromatic carbocycles. The van der Waals surface area contributed by atoms with Crippen molar-refractivity contribution in [2.45, 2.75) is 52.6 Å². The number of piperidine rings is 3. The van der Waals surface area contributed by atoms with Crippen LogP contribution in [0.5, 0.6) is 0 Å². The summed E-state index contributed by atoms with van der Waals surface area (Å²) < 4.78 is 6.97. The van der Waals surface area contributed by atoms with Crippen molar-refractivity contribution < 1.29 is 18.8 Å². The Bertz CT molecular complexity index is 1010. The van der Waals surface area contributed by atoms with Crippen LogP contribution in [0.2, 0.25) is 0 Å². The molecule has 1 aromatic rings. The molecule has 194 valence electrons. The minimum absolute atomic E-state index is 0.151. The molecule has 3 aliphatic rings. The van der Waals surface area contributed by atoms with E-state index in [0.717, 1.165) is 60.0 Å². The van der Waals surface area contributed by atoms with Crippen molar-refractivity contribution in [1.29, 1.82) is 0 Å². The van der Waals surface area contributed by atoms with E-state index in [1.54, 1.807) is 6.08 Å². The number of quaternary nitrogens is 1. The van der Waals surface area contributed by atoms with Crippen molar-refractivity contribution >= 4 is 29.2 Å². The van der Waals surface area contributed by atoms with E-state index in [9.17, 15) is 9.59 Å². The number of thioether (sulfide) groups is 1. The summed E-state index contributed by atoms with van der Waals surface area (Å²) in [4.78, 5) is 33.1. The minimum Gasteiger partial charge on any atom is -0.456 e. The van der Waals surface area contributed by atoms with E-state index in [0.29, 0.717) is 29.9 Å². The minimum atomic E-state index is -0.377. The summed E-state index contributed by atoms with van der Waals surface area (Å²) in [6, 6.07) is 9.51. The number of Topliss-reactive ketones (excluding diaryl/α,β-unsaturated/α-hetero) is 1. The second kappa shape index (κ2) is 13.2. The normalized spacial score (nSPS) is 24.8. The zero-order chi connectivity index (χ0) is 26.1. The van der Waals surface area contributed by atoms with Crippen LogP contribution in [0.15, 0.2) is 70.4 Å². The third kappa shape index (κ3) is 7.30. The molecule has 36 heavy (non-hydrogen) atoms. The van der Waals surface area contributed by atoms with E-state index in [-0.39, 0.29) is 23.8 Å². The number of ketones is 1. The molecule has 0 amide bonds. The highest BCUT2D eigenvalue weighted by Gasteiger charge is 2.49. The van der Waals surface area contributed by atoms with E-state index >= 15 is 0 Å². The average Bonchev–Trinajstić information content (AvgIpc) is 2.88. The fraction of sp³-hybridized carbons (Fsp3) is 0.500. The van der Waals surface area contributed by atoms with Gasteiger partial charge in [0.05, 0.1) is 19.0 Å². The standard InChI is InChI=1S/C30H41N2O3S/c1-6-25(7-2)31-17-14-26(29(8-3)36-22(4)5)30(34)35-28-21-32(18-15-24(28)16-19-32)20-27(33)23-12-10-9-11-13-23/h6,8-13,24,26,28H,1,4,7,14-21H2,2-3,5H3/q+1. The number of fused-ring (bicyclic) bond motifs is 3. The van der Waals surface area contributed by atoms with Crippen LogP contribution in [-0.4, -0.2) is 60.8 Å². The first-order valence-electron chi connectivity index (χ1n) is 13.1. The molecular weight excluding hydrogens is 468 g/mol. The van der Waals surface area contributed by atoms with Gasteiger partial charge in [-0.15, -0.1) is 0 Å². The van der Waals surface area contributed by atoms with Crippen LogP contribution in [0, 0.1) is 11.8 Å². The molecule has 2 atom stereocenters. The lowest BCUT2D eigenvalue weighted by Crippen LogP contribution is -2.65. The maximum atomic E-state index is 13.6. The van der Waals surface area contributed by atoms with Crippen LogP contribution in [0.1, 0.15) is 56.8 Å². The lowest BCUT2D eigenvalue weighted by molar-refractivity contribution is -0.938. The van der Waals surface area contributed by atoms with Gasteiger partial charge >= 0.3 is 5.97 Å². The zero-order valence-electron chi connectivity index (χ0n) is 22.1. The number of carbonyl (C=O) groups is 2. The number of rotatable bonds is 13. The molecule has 4 rings (SSSR count). The maximum Gasteiger partial charge on any atom is 0.314 e. The highest BCUT2D eigenvalue weighted by atomic mass is 32.2. The fourth-order valence-corrected chi connectivity index (χ4v) is 6.27. The Morgan fingerprint density at radius 1 is 1.25 bits per heavy atom. The predicted octanol–water partition coefficient (Wildman–Crippen LogP) is 6.24. The Labute approximate surface area is 221 Å². The number of aliphatic imine (C=N–C) groups is 1. The highest BCUT2D eigenvalue weighted by Crippen LogP contribution is 2.38. The quantitative estimate of drug-likeness (QED) is 0.137. The third-order valence-corrected chi connectivity index (χ3v) is 8.52. The van der Waals surface area contributed by atoms with Crippen LogP contribution >= 0.6 is 11.8 Å². The Balaban J connectivity index is 1.72. The summed E-state index contributed by atoms with van der Waals surface area (Å²) in [5, 5.41) is 0. The molecule has 5 nitrogen and oxygen atoms in total. The van der Waals surface area contributed by atoms with Gasteiger partial charge in [-0.05, 0) is 42.6 Å². The zero-order valence-corrected chi connectivity index (χ0v) is 22.9. The number of benzene rings is 1. The van der Waals surface area contributed by atoms with Gasteiger partial charge in [0.25, 0.3) is 0 Å². The molecule has 2 unspecified atom stereocenters. The average molecular weight is 510 g/mol. The molecule has 0 aliphatic carbocycles. The van der Waals surface area contributed by atoms with E-state index in [4.69, 9.17) is 4.74 Å². The van der Waals surface area contributed by atoms with Crippen molar-refractivity contribution in [3.05, 3.63) is 71.0 Å². The first kappa shape index (κ1) is 28.1. The maximum absolute atomic E-state index is 13.6. The topological polar surface area (TPSA) is 55.7 Å². The van der Waals surface area contributed by atoms with Gasteiger partial charge in [0.1, 0.15) is 13.1 Å². The summed E-state index contributed by atoms with van der Waals surface area (Å²) >= 11 is 1.54. The lowest BCUT2D eigenvalue weighted by atomic mass is 9.82. The molecule has 2 bridgehead atoms. The van der Waals surface area contributed by atoms with Gasteiger partial charge in [-0.1, -0.05) is 68.3 Å². The SMILES string of the molecule is C=CC(CC)=NCCC(C(=O)OC1C[N+]2(CC(=O)c3ccccc3)CCC1CC2)C(=CC)SC(=C)C. The summed E-state index contributed by atoms with van der Waals surface area (Å²) in [7, 11) is 0. The van der Waals surface area contributed by atoms with Gasteiger partial charge in [0.2, 0.25) is 5.78 Å². The smallest absolute Gasteiger partial charge is 0.314 e. The molecule has 3 saturated heterocycles. The van der Waals surface area contributed by atoms with E-state index in [1.807, 2.05) is 50.3 Å². The van der Waals surface area contributed by atoms with E-state index in [2.05, 4.69) is 25.1 Å². The Morgan fingerprint density at radius 3 is 2.53 bits per heavy atom. The largest absolute Gasteiger partial charge is 0.456 e. The molecular formula is C30H41N2O3S+. The number of hydrogen-bond acceptors (Lipinski definition) is 5. The first-order valence-corrected chi connectivity index (χ1v) is 13.9. The van der Waals surface area contributed by atoms with Crippen LogP contribution < -0.4 is 0 Å². The number of ether oxygens (including phenoxy) is 1. The van der Waals surface area contributed by atoms with Crippen LogP contribution in [0.4, 0.5) is 0 Å². The van der Waals surface area contributed by atoms with E-state index in [1.165, 1.54) is 11.8 Å². The number of hydrogen-bond donors (Lipinski definition) is 0. The third-order valence-electron chi connectivity index (χ3n) is 7.42. The molecule has 0 N–H and O–H groups in total. The molecule has 3 fully saturated rings. The molecule has 0 spiro atoms. The number of nitrogens with zero attached hydrogens (tertiary/aromatic N) is 2.